The Balaban J connectivity index is 0.00000210. The van der Waals surface area contributed by atoms with Gasteiger partial charge in [-0.15, -0.1) is 24.8 Å². The van der Waals surface area contributed by atoms with Crippen LogP contribution in [0.15, 0.2) is 48.7 Å². The number of carbonyl (C=O) groups is 1. The van der Waals surface area contributed by atoms with Gasteiger partial charge < -0.3 is 10.2 Å². The first-order valence-corrected chi connectivity index (χ1v) is 9.56. The van der Waals surface area contributed by atoms with E-state index in [4.69, 9.17) is 0 Å². The number of halogens is 3. The molecule has 0 atom stereocenters. The van der Waals surface area contributed by atoms with E-state index >= 15 is 0 Å². The van der Waals surface area contributed by atoms with E-state index in [0.29, 0.717) is 19.5 Å². The van der Waals surface area contributed by atoms with Gasteiger partial charge in [0.1, 0.15) is 5.82 Å². The minimum Gasteiger partial charge on any atom is -0.340 e. The van der Waals surface area contributed by atoms with E-state index in [1.54, 1.807) is 18.3 Å². The number of piperazine rings is 1. The Labute approximate surface area is 184 Å². The van der Waals surface area contributed by atoms with Gasteiger partial charge in [0.05, 0.1) is 0 Å². The van der Waals surface area contributed by atoms with Gasteiger partial charge in [-0.1, -0.05) is 18.2 Å². The van der Waals surface area contributed by atoms with Gasteiger partial charge >= 0.3 is 0 Å². The summed E-state index contributed by atoms with van der Waals surface area (Å²) in [5.74, 6) is -0.0221. The maximum Gasteiger partial charge on any atom is 0.223 e. The lowest BCUT2D eigenvalue weighted by atomic mass is 10.2. The average molecular weight is 443 g/mol. The van der Waals surface area contributed by atoms with E-state index in [1.165, 1.54) is 12.1 Å². The minimum absolute atomic E-state index is 0. The molecule has 1 amide bonds. The number of nitrogens with zero attached hydrogens (tertiary/aromatic N) is 3. The zero-order chi connectivity index (χ0) is 18.9. The van der Waals surface area contributed by atoms with Crippen molar-refractivity contribution in [2.45, 2.75) is 19.4 Å². The Hall–Kier alpha value is -1.73. The van der Waals surface area contributed by atoms with Crippen LogP contribution >= 0.6 is 24.8 Å². The van der Waals surface area contributed by atoms with E-state index < -0.39 is 0 Å². The van der Waals surface area contributed by atoms with E-state index in [-0.39, 0.29) is 36.5 Å². The summed E-state index contributed by atoms with van der Waals surface area (Å²) in [5, 5.41) is 3.27. The molecule has 0 aliphatic carbocycles. The highest BCUT2D eigenvalue weighted by Gasteiger charge is 2.17. The van der Waals surface area contributed by atoms with Crippen LogP contribution in [0.25, 0.3) is 0 Å². The number of benzene rings is 1. The lowest BCUT2D eigenvalue weighted by molar-refractivity contribution is -0.132. The molecule has 0 bridgehead atoms. The summed E-state index contributed by atoms with van der Waals surface area (Å²) in [7, 11) is 0. The van der Waals surface area contributed by atoms with Crippen molar-refractivity contribution in [1.82, 2.24) is 20.1 Å². The van der Waals surface area contributed by atoms with Gasteiger partial charge in [-0.2, -0.15) is 0 Å². The normalized spacial score (nSPS) is 13.5. The second kappa shape index (κ2) is 13.5. The van der Waals surface area contributed by atoms with E-state index in [0.717, 1.165) is 50.4 Å². The van der Waals surface area contributed by atoms with Gasteiger partial charge in [-0.05, 0) is 29.8 Å². The van der Waals surface area contributed by atoms with E-state index in [9.17, 15) is 9.18 Å². The van der Waals surface area contributed by atoms with Crippen LogP contribution in [0.3, 0.4) is 0 Å². The van der Waals surface area contributed by atoms with Gasteiger partial charge in [-0.3, -0.25) is 14.7 Å². The average Bonchev–Trinajstić information content (AvgIpc) is 2.72. The zero-order valence-corrected chi connectivity index (χ0v) is 18.1. The number of pyridine rings is 1. The number of aromatic nitrogens is 1. The molecule has 0 unspecified atom stereocenters. The van der Waals surface area contributed by atoms with Crippen molar-refractivity contribution in [3.8, 4) is 0 Å². The quantitative estimate of drug-likeness (QED) is 0.682. The molecule has 1 aliphatic heterocycles. The monoisotopic (exact) mass is 442 g/mol. The predicted octanol–water partition coefficient (Wildman–Crippen LogP) is 2.93. The molecule has 8 heteroatoms. The van der Waals surface area contributed by atoms with Crippen LogP contribution in [0, 0.1) is 5.82 Å². The molecule has 29 heavy (non-hydrogen) atoms. The predicted molar refractivity (Wildman–Crippen MR) is 118 cm³/mol. The molecule has 1 aliphatic rings. The van der Waals surface area contributed by atoms with Gasteiger partial charge in [0.2, 0.25) is 5.91 Å². The lowest BCUT2D eigenvalue weighted by Crippen LogP contribution is -2.47. The van der Waals surface area contributed by atoms with Crippen LogP contribution in [0.1, 0.15) is 17.7 Å². The standard InChI is InChI=1S/C21H27FN4O.2ClH/c22-19-6-4-18(5-7-19)17-25(13-8-20-3-1-2-10-24-20)14-9-21(27)26-15-11-23-12-16-26;;/h1-7,10,23H,8-9,11-17H2;2*1H. The summed E-state index contributed by atoms with van der Waals surface area (Å²) in [5.41, 5.74) is 2.09. The Bertz CT molecular complexity index is 712. The molecular weight excluding hydrogens is 414 g/mol. The number of carbonyl (C=O) groups excluding carboxylic acids is 1. The molecule has 1 N–H and O–H groups in total. The molecule has 1 fully saturated rings. The minimum atomic E-state index is -0.229. The third kappa shape index (κ3) is 8.66. The molecule has 2 heterocycles. The number of hydrogen-bond acceptors (Lipinski definition) is 4. The van der Waals surface area contributed by atoms with Gasteiger partial charge in [0, 0.05) is 70.5 Å². The molecule has 0 saturated carbocycles. The maximum absolute atomic E-state index is 13.2. The molecule has 1 aromatic heterocycles. The van der Waals surface area contributed by atoms with Crippen molar-refractivity contribution in [1.29, 1.82) is 0 Å². The van der Waals surface area contributed by atoms with Crippen LogP contribution in [0.2, 0.25) is 0 Å². The molecule has 3 rings (SSSR count). The Kier molecular flexibility index (Phi) is 11.8. The molecular formula is C21H29Cl2FN4O. The topological polar surface area (TPSA) is 48.5 Å². The largest absolute Gasteiger partial charge is 0.340 e. The summed E-state index contributed by atoms with van der Waals surface area (Å²) in [6.07, 6.45) is 3.13. The molecule has 160 valence electrons. The summed E-state index contributed by atoms with van der Waals surface area (Å²) in [6.45, 7) is 5.49. The van der Waals surface area contributed by atoms with Crippen molar-refractivity contribution in [3.63, 3.8) is 0 Å². The molecule has 2 aromatic rings. The highest BCUT2D eigenvalue weighted by molar-refractivity contribution is 5.85. The number of nitrogens with one attached hydrogen (secondary N) is 1. The first kappa shape index (κ1) is 25.3. The third-order valence-corrected chi connectivity index (χ3v) is 4.84. The summed E-state index contributed by atoms with van der Waals surface area (Å²) in [6, 6.07) is 12.5. The third-order valence-electron chi connectivity index (χ3n) is 4.84. The van der Waals surface area contributed by atoms with Crippen LogP contribution in [0.4, 0.5) is 4.39 Å². The van der Waals surface area contributed by atoms with Gasteiger partial charge in [0.15, 0.2) is 0 Å². The highest BCUT2D eigenvalue weighted by Crippen LogP contribution is 2.09. The van der Waals surface area contributed by atoms with Gasteiger partial charge in [0.25, 0.3) is 0 Å². The van der Waals surface area contributed by atoms with Crippen molar-refractivity contribution in [2.75, 3.05) is 39.3 Å². The van der Waals surface area contributed by atoms with E-state index in [1.807, 2.05) is 23.1 Å². The van der Waals surface area contributed by atoms with Crippen molar-refractivity contribution >= 4 is 30.7 Å². The number of amides is 1. The second-order valence-corrected chi connectivity index (χ2v) is 6.85. The zero-order valence-electron chi connectivity index (χ0n) is 16.4. The van der Waals surface area contributed by atoms with Crippen molar-refractivity contribution < 1.29 is 9.18 Å². The number of rotatable bonds is 8. The fourth-order valence-electron chi connectivity index (χ4n) is 3.26. The van der Waals surface area contributed by atoms with Crippen LogP contribution < -0.4 is 5.32 Å². The maximum atomic E-state index is 13.2. The molecule has 0 spiro atoms. The molecule has 0 radical (unpaired) electrons. The Morgan fingerprint density at radius 3 is 2.45 bits per heavy atom. The number of hydrogen-bond donors (Lipinski definition) is 1. The fourth-order valence-corrected chi connectivity index (χ4v) is 3.26. The first-order valence-electron chi connectivity index (χ1n) is 9.56. The van der Waals surface area contributed by atoms with Gasteiger partial charge in [-0.25, -0.2) is 4.39 Å². The smallest absolute Gasteiger partial charge is 0.223 e. The molecule has 1 saturated heterocycles. The summed E-state index contributed by atoms with van der Waals surface area (Å²) in [4.78, 5) is 21.1. The van der Waals surface area contributed by atoms with Crippen LogP contribution in [0.5, 0.6) is 0 Å². The lowest BCUT2D eigenvalue weighted by Gasteiger charge is -2.29. The van der Waals surface area contributed by atoms with E-state index in [2.05, 4.69) is 15.2 Å². The van der Waals surface area contributed by atoms with Crippen molar-refractivity contribution in [3.05, 3.63) is 65.7 Å². The molecule has 1 aromatic carbocycles. The Morgan fingerprint density at radius 1 is 1.07 bits per heavy atom. The SMILES string of the molecule is Cl.Cl.O=C(CCN(CCc1ccccn1)Cc1ccc(F)cc1)N1CCNCC1. The Morgan fingerprint density at radius 2 is 1.79 bits per heavy atom. The highest BCUT2D eigenvalue weighted by atomic mass is 35.5. The molecule has 5 nitrogen and oxygen atoms in total. The van der Waals surface area contributed by atoms with Crippen LogP contribution in [-0.4, -0.2) is 60.0 Å². The fraction of sp³-hybridized carbons (Fsp3) is 0.429. The van der Waals surface area contributed by atoms with Crippen LogP contribution in [-0.2, 0) is 17.8 Å². The summed E-state index contributed by atoms with van der Waals surface area (Å²) < 4.78 is 13.2. The second-order valence-electron chi connectivity index (χ2n) is 6.85. The summed E-state index contributed by atoms with van der Waals surface area (Å²) >= 11 is 0. The van der Waals surface area contributed by atoms with Crippen molar-refractivity contribution in [2.24, 2.45) is 0 Å². The first-order chi connectivity index (χ1) is 13.2.